The number of benzene rings is 1. The van der Waals surface area contributed by atoms with E-state index in [4.69, 9.17) is 4.74 Å². The molecule has 120 valence electrons. The average molecular weight is 303 g/mol. The molecule has 2 aliphatic rings. The maximum atomic E-state index is 12.4. The number of piperazine rings is 1. The fourth-order valence-corrected chi connectivity index (χ4v) is 3.03. The molecule has 0 aliphatic carbocycles. The fraction of sp³-hybridized carbons (Fsp3) is 0.588. The average Bonchev–Trinajstić information content (AvgIpc) is 2.54. The van der Waals surface area contributed by atoms with Gasteiger partial charge in [-0.1, -0.05) is 19.9 Å². The van der Waals surface area contributed by atoms with Crippen LogP contribution in [-0.2, 0) is 4.79 Å². The number of nitrogens with zero attached hydrogens (tertiary/aromatic N) is 2. The van der Waals surface area contributed by atoms with Crippen molar-refractivity contribution in [1.82, 2.24) is 5.32 Å². The van der Waals surface area contributed by atoms with Crippen LogP contribution in [0.25, 0.3) is 0 Å². The van der Waals surface area contributed by atoms with Gasteiger partial charge in [0.25, 0.3) is 5.91 Å². The Labute approximate surface area is 132 Å². The second-order valence-electron chi connectivity index (χ2n) is 6.38. The van der Waals surface area contributed by atoms with Crippen LogP contribution in [0.4, 0.5) is 11.4 Å². The van der Waals surface area contributed by atoms with Crippen molar-refractivity contribution in [2.24, 2.45) is 5.92 Å². The van der Waals surface area contributed by atoms with Gasteiger partial charge in [0.05, 0.1) is 5.69 Å². The van der Waals surface area contributed by atoms with Gasteiger partial charge in [-0.25, -0.2) is 0 Å². The zero-order valence-electron chi connectivity index (χ0n) is 13.5. The molecule has 22 heavy (non-hydrogen) atoms. The van der Waals surface area contributed by atoms with Crippen LogP contribution in [0.5, 0.6) is 5.75 Å². The molecule has 0 radical (unpaired) electrons. The number of para-hydroxylation sites is 1. The number of rotatable bonds is 4. The Morgan fingerprint density at radius 1 is 1.27 bits per heavy atom. The molecule has 2 heterocycles. The summed E-state index contributed by atoms with van der Waals surface area (Å²) in [6, 6.07) is 6.09. The molecule has 0 atom stereocenters. The molecule has 0 aromatic heterocycles. The molecular formula is C17H25N3O2. The van der Waals surface area contributed by atoms with E-state index in [2.05, 4.69) is 30.1 Å². The predicted octanol–water partition coefficient (Wildman–Crippen LogP) is 1.87. The molecular weight excluding hydrogens is 278 g/mol. The first kappa shape index (κ1) is 15.2. The molecule has 0 saturated carbocycles. The first-order valence-electron chi connectivity index (χ1n) is 8.18. The zero-order chi connectivity index (χ0) is 15.5. The van der Waals surface area contributed by atoms with Crippen molar-refractivity contribution in [3.05, 3.63) is 18.2 Å². The maximum absolute atomic E-state index is 12.4. The third kappa shape index (κ3) is 3.04. The van der Waals surface area contributed by atoms with Gasteiger partial charge in [0.1, 0.15) is 11.4 Å². The van der Waals surface area contributed by atoms with Gasteiger partial charge < -0.3 is 19.9 Å². The number of hydrogen-bond acceptors (Lipinski definition) is 4. The third-order valence-corrected chi connectivity index (χ3v) is 4.29. The number of nitrogens with one attached hydrogen (secondary N) is 1. The summed E-state index contributed by atoms with van der Waals surface area (Å²) in [6.45, 7) is 9.16. The minimum Gasteiger partial charge on any atom is -0.481 e. The molecule has 1 aromatic carbocycles. The van der Waals surface area contributed by atoms with Gasteiger partial charge in [0.2, 0.25) is 0 Å². The van der Waals surface area contributed by atoms with Gasteiger partial charge in [0.15, 0.2) is 6.61 Å². The van der Waals surface area contributed by atoms with Crippen molar-refractivity contribution in [3.8, 4) is 5.75 Å². The highest BCUT2D eigenvalue weighted by Gasteiger charge is 2.30. The van der Waals surface area contributed by atoms with Crippen LogP contribution in [0, 0.1) is 5.92 Å². The molecule has 1 aromatic rings. The molecule has 5 nitrogen and oxygen atoms in total. The molecule has 5 heteroatoms. The van der Waals surface area contributed by atoms with Crippen molar-refractivity contribution in [2.45, 2.75) is 20.3 Å². The highest BCUT2D eigenvalue weighted by molar-refractivity contribution is 6.01. The van der Waals surface area contributed by atoms with E-state index in [-0.39, 0.29) is 12.5 Å². The lowest BCUT2D eigenvalue weighted by molar-refractivity contribution is -0.121. The lowest BCUT2D eigenvalue weighted by Crippen LogP contribution is -2.46. The minimum absolute atomic E-state index is 0.0655. The van der Waals surface area contributed by atoms with Crippen LogP contribution in [-0.4, -0.2) is 45.2 Å². The zero-order valence-corrected chi connectivity index (χ0v) is 13.5. The number of ether oxygens (including phenoxy) is 1. The number of anilines is 2. The molecule has 2 aliphatic heterocycles. The molecule has 0 spiro atoms. The number of amides is 1. The Bertz CT molecular complexity index is 539. The second-order valence-corrected chi connectivity index (χ2v) is 6.38. The van der Waals surface area contributed by atoms with E-state index < -0.39 is 0 Å². The second kappa shape index (κ2) is 6.57. The van der Waals surface area contributed by atoms with Crippen LogP contribution in [0.15, 0.2) is 18.2 Å². The third-order valence-electron chi connectivity index (χ3n) is 4.29. The van der Waals surface area contributed by atoms with Crippen LogP contribution < -0.4 is 19.9 Å². The summed E-state index contributed by atoms with van der Waals surface area (Å²) in [5, 5.41) is 3.37. The van der Waals surface area contributed by atoms with Gasteiger partial charge in [-0.2, -0.15) is 0 Å². The Kier molecular flexibility index (Phi) is 4.52. The van der Waals surface area contributed by atoms with E-state index in [0.717, 1.165) is 56.3 Å². The van der Waals surface area contributed by atoms with Crippen molar-refractivity contribution >= 4 is 17.3 Å². The normalized spacial score (nSPS) is 18.4. The molecule has 0 bridgehead atoms. The Hall–Kier alpha value is -1.75. The van der Waals surface area contributed by atoms with E-state index >= 15 is 0 Å². The first-order valence-corrected chi connectivity index (χ1v) is 8.18. The fourth-order valence-electron chi connectivity index (χ4n) is 3.03. The molecule has 3 rings (SSSR count). The van der Waals surface area contributed by atoms with E-state index in [1.54, 1.807) is 0 Å². The van der Waals surface area contributed by atoms with Crippen LogP contribution >= 0.6 is 0 Å². The number of carbonyl (C=O) groups is 1. The summed E-state index contributed by atoms with van der Waals surface area (Å²) in [4.78, 5) is 16.6. The monoisotopic (exact) mass is 303 g/mol. The number of hydrogen-bond donors (Lipinski definition) is 1. The number of fused-ring (bicyclic) bond motifs is 1. The standard InChI is InChI=1S/C17H25N3O2/c1-13(2)6-9-20-16(21)12-22-15-5-3-4-14(17(15)20)19-10-7-18-8-11-19/h3-5,13,18H,6-12H2,1-2H3. The highest BCUT2D eigenvalue weighted by atomic mass is 16.5. The van der Waals surface area contributed by atoms with E-state index in [1.165, 1.54) is 0 Å². The maximum Gasteiger partial charge on any atom is 0.265 e. The first-order chi connectivity index (χ1) is 10.7. The Morgan fingerprint density at radius 3 is 2.77 bits per heavy atom. The highest BCUT2D eigenvalue weighted by Crippen LogP contribution is 2.41. The molecule has 1 amide bonds. The molecule has 1 fully saturated rings. The van der Waals surface area contributed by atoms with E-state index in [0.29, 0.717) is 5.92 Å². The summed E-state index contributed by atoms with van der Waals surface area (Å²) < 4.78 is 5.67. The Balaban J connectivity index is 1.94. The Morgan fingerprint density at radius 2 is 2.05 bits per heavy atom. The summed E-state index contributed by atoms with van der Waals surface area (Å²) in [6.07, 6.45) is 1.00. The summed E-state index contributed by atoms with van der Waals surface area (Å²) in [5.41, 5.74) is 2.08. The summed E-state index contributed by atoms with van der Waals surface area (Å²) >= 11 is 0. The van der Waals surface area contributed by atoms with Gasteiger partial charge in [0, 0.05) is 32.7 Å². The van der Waals surface area contributed by atoms with Crippen LogP contribution in [0.3, 0.4) is 0 Å². The quantitative estimate of drug-likeness (QED) is 0.922. The molecule has 1 saturated heterocycles. The predicted molar refractivity (Wildman–Crippen MR) is 88.8 cm³/mol. The van der Waals surface area contributed by atoms with Crippen molar-refractivity contribution in [1.29, 1.82) is 0 Å². The van der Waals surface area contributed by atoms with Crippen LogP contribution in [0.1, 0.15) is 20.3 Å². The van der Waals surface area contributed by atoms with Crippen LogP contribution in [0.2, 0.25) is 0 Å². The smallest absolute Gasteiger partial charge is 0.265 e. The minimum atomic E-state index is 0.0655. The van der Waals surface area contributed by atoms with Crippen molar-refractivity contribution in [3.63, 3.8) is 0 Å². The van der Waals surface area contributed by atoms with E-state index in [9.17, 15) is 4.79 Å². The van der Waals surface area contributed by atoms with Gasteiger partial charge in [-0.05, 0) is 24.5 Å². The molecule has 0 unspecified atom stereocenters. The van der Waals surface area contributed by atoms with Gasteiger partial charge in [-0.3, -0.25) is 4.79 Å². The molecule has 1 N–H and O–H groups in total. The van der Waals surface area contributed by atoms with Crippen molar-refractivity contribution < 1.29 is 9.53 Å². The van der Waals surface area contributed by atoms with Gasteiger partial charge >= 0.3 is 0 Å². The summed E-state index contributed by atoms with van der Waals surface area (Å²) in [5.74, 6) is 1.47. The number of carbonyl (C=O) groups excluding carboxylic acids is 1. The lowest BCUT2D eigenvalue weighted by atomic mass is 10.1. The largest absolute Gasteiger partial charge is 0.481 e. The van der Waals surface area contributed by atoms with Gasteiger partial charge in [-0.15, -0.1) is 0 Å². The SMILES string of the molecule is CC(C)CCN1C(=O)COc2cccc(N3CCNCC3)c21. The van der Waals surface area contributed by atoms with E-state index in [1.807, 2.05) is 17.0 Å². The van der Waals surface area contributed by atoms with Crippen molar-refractivity contribution in [2.75, 3.05) is 49.1 Å². The summed E-state index contributed by atoms with van der Waals surface area (Å²) in [7, 11) is 0. The topological polar surface area (TPSA) is 44.8 Å². The lowest BCUT2D eigenvalue weighted by Gasteiger charge is -2.37.